The summed E-state index contributed by atoms with van der Waals surface area (Å²) in [6, 6.07) is 10.5. The number of likely N-dealkylation sites (tertiary alicyclic amines) is 1. The second-order valence-corrected chi connectivity index (χ2v) is 6.27. The smallest absolute Gasteiger partial charge is 0.224 e. The molecule has 0 radical (unpaired) electrons. The topological polar surface area (TPSA) is 50.8 Å². The van der Waals surface area contributed by atoms with E-state index in [1.807, 2.05) is 6.07 Å². The van der Waals surface area contributed by atoms with Gasteiger partial charge in [-0.15, -0.1) is 0 Å². The Morgan fingerprint density at radius 3 is 2.88 bits per heavy atom. The number of carbonyl (C=O) groups is 1. The first kappa shape index (κ1) is 18.9. The number of nitrogens with zero attached hydrogens (tertiary/aromatic N) is 1. The van der Waals surface area contributed by atoms with Crippen LogP contribution in [0.4, 0.5) is 0 Å². The average molecular weight is 334 g/mol. The lowest BCUT2D eigenvalue weighted by Gasteiger charge is -2.32. The Kier molecular flexibility index (Phi) is 8.81. The van der Waals surface area contributed by atoms with Crippen molar-refractivity contribution >= 4 is 5.91 Å². The van der Waals surface area contributed by atoms with E-state index in [1.165, 1.54) is 5.56 Å². The van der Waals surface area contributed by atoms with Gasteiger partial charge in [0.25, 0.3) is 0 Å². The summed E-state index contributed by atoms with van der Waals surface area (Å²) in [4.78, 5) is 14.7. The van der Waals surface area contributed by atoms with Crippen molar-refractivity contribution in [3.8, 4) is 0 Å². The summed E-state index contributed by atoms with van der Waals surface area (Å²) in [7, 11) is 1.65. The maximum Gasteiger partial charge on any atom is 0.224 e. The van der Waals surface area contributed by atoms with Gasteiger partial charge in [-0.2, -0.15) is 0 Å². The molecule has 0 saturated carbocycles. The molecule has 0 aliphatic carbocycles. The predicted molar refractivity (Wildman–Crippen MR) is 95.0 cm³/mol. The lowest BCUT2D eigenvalue weighted by Crippen LogP contribution is -2.44. The molecule has 1 aromatic carbocycles. The van der Waals surface area contributed by atoms with Crippen LogP contribution in [-0.4, -0.2) is 63.9 Å². The Morgan fingerprint density at radius 1 is 1.25 bits per heavy atom. The second kappa shape index (κ2) is 11.2. The molecule has 1 unspecified atom stereocenters. The lowest BCUT2D eigenvalue weighted by molar-refractivity contribution is -0.126. The molecule has 1 aliphatic heterocycles. The minimum absolute atomic E-state index is 0.105. The van der Waals surface area contributed by atoms with Crippen molar-refractivity contribution < 1.29 is 14.3 Å². The number of rotatable bonds is 10. The van der Waals surface area contributed by atoms with Gasteiger partial charge in [0.1, 0.15) is 0 Å². The number of hydrogen-bond acceptors (Lipinski definition) is 4. The van der Waals surface area contributed by atoms with E-state index in [1.54, 1.807) is 7.11 Å². The third-order valence-electron chi connectivity index (χ3n) is 4.41. The van der Waals surface area contributed by atoms with Gasteiger partial charge in [0.15, 0.2) is 0 Å². The highest BCUT2D eigenvalue weighted by Gasteiger charge is 2.25. The molecule has 1 fully saturated rings. The number of amides is 1. The van der Waals surface area contributed by atoms with E-state index in [4.69, 9.17) is 9.47 Å². The van der Waals surface area contributed by atoms with Crippen LogP contribution in [0.2, 0.25) is 0 Å². The SMILES string of the molecule is COCCOCCNC(=O)C1CCCN(CCc2ccccc2)C1. The third-order valence-corrected chi connectivity index (χ3v) is 4.41. The van der Waals surface area contributed by atoms with Gasteiger partial charge < -0.3 is 19.7 Å². The number of ether oxygens (including phenoxy) is 2. The van der Waals surface area contributed by atoms with Crippen LogP contribution >= 0.6 is 0 Å². The van der Waals surface area contributed by atoms with Crippen LogP contribution in [0, 0.1) is 5.92 Å². The largest absolute Gasteiger partial charge is 0.382 e. The van der Waals surface area contributed by atoms with Crippen molar-refractivity contribution in [1.82, 2.24) is 10.2 Å². The molecule has 1 amide bonds. The summed E-state index contributed by atoms with van der Waals surface area (Å²) in [5.41, 5.74) is 1.36. The van der Waals surface area contributed by atoms with E-state index in [9.17, 15) is 4.79 Å². The van der Waals surface area contributed by atoms with Gasteiger partial charge in [-0.3, -0.25) is 4.79 Å². The molecule has 1 heterocycles. The summed E-state index contributed by atoms with van der Waals surface area (Å²) in [6.45, 7) is 5.26. The molecule has 5 heteroatoms. The highest BCUT2D eigenvalue weighted by molar-refractivity contribution is 5.78. The molecular formula is C19H30N2O3. The average Bonchev–Trinajstić information content (AvgIpc) is 2.64. The monoisotopic (exact) mass is 334 g/mol. The minimum Gasteiger partial charge on any atom is -0.382 e. The Bertz CT molecular complexity index is 467. The zero-order valence-corrected chi connectivity index (χ0v) is 14.7. The van der Waals surface area contributed by atoms with Gasteiger partial charge in [0.05, 0.1) is 25.7 Å². The van der Waals surface area contributed by atoms with Gasteiger partial charge in [0.2, 0.25) is 5.91 Å². The van der Waals surface area contributed by atoms with Gasteiger partial charge in [-0.05, 0) is 31.4 Å². The van der Waals surface area contributed by atoms with Crippen molar-refractivity contribution in [2.45, 2.75) is 19.3 Å². The normalized spacial score (nSPS) is 18.5. The summed E-state index contributed by atoms with van der Waals surface area (Å²) < 4.78 is 10.3. The summed E-state index contributed by atoms with van der Waals surface area (Å²) in [5.74, 6) is 0.267. The molecule has 24 heavy (non-hydrogen) atoms. The molecule has 1 aromatic rings. The first-order valence-corrected chi connectivity index (χ1v) is 8.90. The molecule has 134 valence electrons. The van der Waals surface area contributed by atoms with E-state index >= 15 is 0 Å². The van der Waals surface area contributed by atoms with E-state index in [0.717, 1.165) is 38.9 Å². The van der Waals surface area contributed by atoms with Gasteiger partial charge in [0, 0.05) is 26.7 Å². The number of nitrogens with one attached hydrogen (secondary N) is 1. The Labute approximate surface area is 145 Å². The fourth-order valence-corrected chi connectivity index (χ4v) is 3.04. The van der Waals surface area contributed by atoms with Crippen LogP contribution in [0.25, 0.3) is 0 Å². The van der Waals surface area contributed by atoms with Crippen molar-refractivity contribution in [3.05, 3.63) is 35.9 Å². The molecule has 1 aliphatic rings. The van der Waals surface area contributed by atoms with Gasteiger partial charge in [-0.25, -0.2) is 0 Å². The van der Waals surface area contributed by atoms with Crippen molar-refractivity contribution in [1.29, 1.82) is 0 Å². The van der Waals surface area contributed by atoms with Crippen LogP contribution in [0.5, 0.6) is 0 Å². The van der Waals surface area contributed by atoms with Crippen molar-refractivity contribution in [3.63, 3.8) is 0 Å². The van der Waals surface area contributed by atoms with Crippen LogP contribution in [0.15, 0.2) is 30.3 Å². The highest BCUT2D eigenvalue weighted by atomic mass is 16.5. The van der Waals surface area contributed by atoms with Crippen LogP contribution in [0.3, 0.4) is 0 Å². The van der Waals surface area contributed by atoms with Gasteiger partial charge >= 0.3 is 0 Å². The number of hydrogen-bond donors (Lipinski definition) is 1. The first-order valence-electron chi connectivity index (χ1n) is 8.90. The van der Waals surface area contributed by atoms with E-state index in [-0.39, 0.29) is 11.8 Å². The Morgan fingerprint density at radius 2 is 2.08 bits per heavy atom. The zero-order chi connectivity index (χ0) is 17.0. The van der Waals surface area contributed by atoms with Crippen molar-refractivity contribution in [2.24, 2.45) is 5.92 Å². The van der Waals surface area contributed by atoms with E-state index in [2.05, 4.69) is 34.5 Å². The molecule has 1 N–H and O–H groups in total. The Hall–Kier alpha value is -1.43. The highest BCUT2D eigenvalue weighted by Crippen LogP contribution is 2.17. The van der Waals surface area contributed by atoms with Crippen molar-refractivity contribution in [2.75, 3.05) is 53.1 Å². The van der Waals surface area contributed by atoms with Gasteiger partial charge in [-0.1, -0.05) is 30.3 Å². The molecular weight excluding hydrogens is 304 g/mol. The first-order chi connectivity index (χ1) is 11.8. The predicted octanol–water partition coefficient (Wildman–Crippen LogP) is 1.72. The summed E-state index contributed by atoms with van der Waals surface area (Å²) in [5, 5.41) is 2.99. The zero-order valence-electron chi connectivity index (χ0n) is 14.7. The third kappa shape index (κ3) is 6.99. The maximum atomic E-state index is 12.3. The maximum absolute atomic E-state index is 12.3. The van der Waals surface area contributed by atoms with Crippen LogP contribution < -0.4 is 5.32 Å². The minimum atomic E-state index is 0.105. The molecule has 2 rings (SSSR count). The van der Waals surface area contributed by atoms with E-state index in [0.29, 0.717) is 26.4 Å². The lowest BCUT2D eigenvalue weighted by atomic mass is 9.96. The molecule has 0 aromatic heterocycles. The second-order valence-electron chi connectivity index (χ2n) is 6.27. The molecule has 1 atom stereocenters. The number of benzene rings is 1. The number of piperidine rings is 1. The Balaban J connectivity index is 1.63. The summed E-state index contributed by atoms with van der Waals surface area (Å²) in [6.07, 6.45) is 3.12. The number of methoxy groups -OCH3 is 1. The number of carbonyl (C=O) groups excluding carboxylic acids is 1. The fourth-order valence-electron chi connectivity index (χ4n) is 3.04. The molecule has 1 saturated heterocycles. The van der Waals surface area contributed by atoms with E-state index < -0.39 is 0 Å². The fraction of sp³-hybridized carbons (Fsp3) is 0.632. The molecule has 0 spiro atoms. The van der Waals surface area contributed by atoms with Crippen LogP contribution in [0.1, 0.15) is 18.4 Å². The van der Waals surface area contributed by atoms with Crippen LogP contribution in [-0.2, 0) is 20.7 Å². The molecule has 5 nitrogen and oxygen atoms in total. The summed E-state index contributed by atoms with van der Waals surface area (Å²) >= 11 is 0. The quantitative estimate of drug-likeness (QED) is 0.662. The standard InChI is InChI=1S/C19H30N2O3/c1-23-14-15-24-13-10-20-19(22)18-8-5-11-21(16-18)12-9-17-6-3-2-4-7-17/h2-4,6-7,18H,5,8-16H2,1H3,(H,20,22). The molecule has 0 bridgehead atoms.